The van der Waals surface area contributed by atoms with Gasteiger partial charge in [0.1, 0.15) is 5.82 Å². The Morgan fingerprint density at radius 1 is 0.964 bits per heavy atom. The predicted molar refractivity (Wildman–Crippen MR) is 106 cm³/mol. The van der Waals surface area contributed by atoms with Gasteiger partial charge in [0.15, 0.2) is 0 Å². The van der Waals surface area contributed by atoms with Crippen LogP contribution >= 0.6 is 0 Å². The maximum Gasteiger partial charge on any atom is 0.236 e. The Hall–Kier alpha value is -1.99. The van der Waals surface area contributed by atoms with Crippen LogP contribution in [-0.4, -0.2) is 78.9 Å². The van der Waals surface area contributed by atoms with Gasteiger partial charge in [-0.2, -0.15) is 0 Å². The van der Waals surface area contributed by atoms with Gasteiger partial charge in [-0.1, -0.05) is 12.1 Å². The number of aryl methyl sites for hydroxylation is 1. The number of nitrogens with zero attached hydrogens (tertiary/aromatic N) is 3. The molecule has 0 unspecified atom stereocenters. The fraction of sp³-hybridized carbons (Fsp3) is 0.619. The summed E-state index contributed by atoms with van der Waals surface area (Å²) in [5.41, 5.74) is 1.48. The Balaban J connectivity index is 1.34. The van der Waals surface area contributed by atoms with E-state index in [1.54, 1.807) is 19.1 Å². The Morgan fingerprint density at radius 3 is 2.25 bits per heavy atom. The van der Waals surface area contributed by atoms with Gasteiger partial charge in [0.2, 0.25) is 11.8 Å². The van der Waals surface area contributed by atoms with Crippen LogP contribution in [0.4, 0.5) is 4.39 Å². The molecule has 28 heavy (non-hydrogen) atoms. The highest BCUT2D eigenvalue weighted by molar-refractivity contribution is 5.78. The largest absolute Gasteiger partial charge is 0.351 e. The van der Waals surface area contributed by atoms with E-state index in [-0.39, 0.29) is 17.6 Å². The van der Waals surface area contributed by atoms with Crippen molar-refractivity contribution in [2.24, 2.45) is 0 Å². The van der Waals surface area contributed by atoms with Crippen molar-refractivity contribution in [2.75, 3.05) is 52.4 Å². The van der Waals surface area contributed by atoms with Gasteiger partial charge in [-0.25, -0.2) is 4.39 Å². The lowest BCUT2D eigenvalue weighted by Gasteiger charge is -2.35. The number of hydrogen-bond acceptors (Lipinski definition) is 4. The quantitative estimate of drug-likeness (QED) is 0.797. The number of halogens is 1. The minimum absolute atomic E-state index is 0.0279. The number of hydrogen-bond donors (Lipinski definition) is 1. The van der Waals surface area contributed by atoms with Gasteiger partial charge in [0.05, 0.1) is 13.1 Å². The second kappa shape index (κ2) is 9.98. The van der Waals surface area contributed by atoms with Crippen LogP contribution in [0.5, 0.6) is 0 Å². The van der Waals surface area contributed by atoms with E-state index in [9.17, 15) is 14.0 Å². The van der Waals surface area contributed by atoms with Crippen LogP contribution in [0.25, 0.3) is 0 Å². The first-order valence-electron chi connectivity index (χ1n) is 10.3. The molecule has 2 heterocycles. The van der Waals surface area contributed by atoms with Gasteiger partial charge in [0, 0.05) is 45.8 Å². The minimum atomic E-state index is -0.230. The molecular weight excluding hydrogens is 359 g/mol. The standard InChI is InChI=1S/C21H31FN4O2/c1-17-13-18(5-6-19(17)22)14-23-20(27)15-24-9-11-25(12-10-24)16-21(28)26-7-3-2-4-8-26/h5-6,13H,2-4,7-12,14-16H2,1H3,(H,23,27). The lowest BCUT2D eigenvalue weighted by atomic mass is 10.1. The van der Waals surface area contributed by atoms with Crippen molar-refractivity contribution in [3.63, 3.8) is 0 Å². The highest BCUT2D eigenvalue weighted by Gasteiger charge is 2.23. The molecule has 2 aliphatic heterocycles. The molecule has 6 nitrogen and oxygen atoms in total. The lowest BCUT2D eigenvalue weighted by molar-refractivity contribution is -0.134. The average Bonchev–Trinajstić information content (AvgIpc) is 2.71. The van der Waals surface area contributed by atoms with Gasteiger partial charge in [-0.15, -0.1) is 0 Å². The number of rotatable bonds is 6. The van der Waals surface area contributed by atoms with Crippen molar-refractivity contribution >= 4 is 11.8 Å². The summed E-state index contributed by atoms with van der Waals surface area (Å²) in [6, 6.07) is 4.88. The second-order valence-corrected chi connectivity index (χ2v) is 7.85. The Morgan fingerprint density at radius 2 is 1.61 bits per heavy atom. The van der Waals surface area contributed by atoms with Crippen LogP contribution in [0, 0.1) is 12.7 Å². The Kier molecular flexibility index (Phi) is 7.39. The molecule has 0 atom stereocenters. The third-order valence-corrected chi connectivity index (χ3v) is 5.61. The van der Waals surface area contributed by atoms with Gasteiger partial charge in [-0.3, -0.25) is 19.4 Å². The zero-order chi connectivity index (χ0) is 19.9. The summed E-state index contributed by atoms with van der Waals surface area (Å²) in [6.07, 6.45) is 3.46. The molecule has 1 aromatic rings. The topological polar surface area (TPSA) is 55.9 Å². The number of nitrogens with one attached hydrogen (secondary N) is 1. The first kappa shape index (κ1) is 20.7. The molecule has 1 aromatic carbocycles. The van der Waals surface area contributed by atoms with Crippen LogP contribution < -0.4 is 5.32 Å². The number of amides is 2. The summed E-state index contributed by atoms with van der Waals surface area (Å²) in [5, 5.41) is 2.90. The average molecular weight is 391 g/mol. The molecule has 0 saturated carbocycles. The molecule has 1 N–H and O–H groups in total. The maximum atomic E-state index is 13.3. The second-order valence-electron chi connectivity index (χ2n) is 7.85. The highest BCUT2D eigenvalue weighted by Crippen LogP contribution is 2.11. The van der Waals surface area contributed by atoms with E-state index < -0.39 is 0 Å². The van der Waals surface area contributed by atoms with E-state index in [4.69, 9.17) is 0 Å². The van der Waals surface area contributed by atoms with Crippen molar-refractivity contribution in [3.8, 4) is 0 Å². The monoisotopic (exact) mass is 390 g/mol. The summed E-state index contributed by atoms with van der Waals surface area (Å²) < 4.78 is 13.3. The molecule has 7 heteroatoms. The first-order valence-corrected chi connectivity index (χ1v) is 10.3. The number of likely N-dealkylation sites (tertiary alicyclic amines) is 1. The van der Waals surface area contributed by atoms with Crippen molar-refractivity contribution in [1.82, 2.24) is 20.0 Å². The third-order valence-electron chi connectivity index (χ3n) is 5.61. The summed E-state index contributed by atoms with van der Waals surface area (Å²) in [4.78, 5) is 30.9. The Labute approximate surface area is 166 Å². The molecule has 0 aromatic heterocycles. The lowest BCUT2D eigenvalue weighted by Crippen LogP contribution is -2.52. The van der Waals surface area contributed by atoms with Crippen LogP contribution in [0.2, 0.25) is 0 Å². The molecule has 0 bridgehead atoms. The summed E-state index contributed by atoms with van der Waals surface area (Å²) >= 11 is 0. The van der Waals surface area contributed by atoms with E-state index in [0.29, 0.717) is 25.2 Å². The van der Waals surface area contributed by atoms with E-state index in [2.05, 4.69) is 15.1 Å². The van der Waals surface area contributed by atoms with Crippen LogP contribution in [0.3, 0.4) is 0 Å². The molecule has 0 spiro atoms. The third kappa shape index (κ3) is 6.01. The van der Waals surface area contributed by atoms with Crippen molar-refractivity contribution in [2.45, 2.75) is 32.7 Å². The summed E-state index contributed by atoms with van der Waals surface area (Å²) in [6.45, 7) is 7.96. The SMILES string of the molecule is Cc1cc(CNC(=O)CN2CCN(CC(=O)N3CCCCC3)CC2)ccc1F. The molecule has 154 valence electrons. The number of benzene rings is 1. The highest BCUT2D eigenvalue weighted by atomic mass is 19.1. The van der Waals surface area contributed by atoms with E-state index in [0.717, 1.165) is 57.7 Å². The van der Waals surface area contributed by atoms with E-state index in [1.807, 2.05) is 4.90 Å². The minimum Gasteiger partial charge on any atom is -0.351 e. The van der Waals surface area contributed by atoms with Crippen molar-refractivity contribution < 1.29 is 14.0 Å². The molecule has 0 aliphatic carbocycles. The van der Waals surface area contributed by atoms with E-state index in [1.165, 1.54) is 12.5 Å². The van der Waals surface area contributed by atoms with Crippen molar-refractivity contribution in [3.05, 3.63) is 35.1 Å². The van der Waals surface area contributed by atoms with Crippen LogP contribution in [0.1, 0.15) is 30.4 Å². The fourth-order valence-electron chi connectivity index (χ4n) is 3.82. The molecule has 3 rings (SSSR count). The number of piperidine rings is 1. The summed E-state index contributed by atoms with van der Waals surface area (Å²) in [7, 11) is 0. The molecular formula is C21H31FN4O2. The van der Waals surface area contributed by atoms with Gasteiger partial charge in [-0.05, 0) is 43.4 Å². The number of piperazine rings is 1. The maximum absolute atomic E-state index is 13.3. The fourth-order valence-corrected chi connectivity index (χ4v) is 3.82. The van der Waals surface area contributed by atoms with Crippen LogP contribution in [0.15, 0.2) is 18.2 Å². The molecule has 2 saturated heterocycles. The molecule has 2 amide bonds. The normalized spacial score (nSPS) is 18.9. The van der Waals surface area contributed by atoms with Crippen LogP contribution in [-0.2, 0) is 16.1 Å². The molecule has 2 aliphatic rings. The van der Waals surface area contributed by atoms with E-state index >= 15 is 0 Å². The smallest absolute Gasteiger partial charge is 0.236 e. The molecule has 2 fully saturated rings. The van der Waals surface area contributed by atoms with Gasteiger partial charge in [0.25, 0.3) is 0 Å². The summed E-state index contributed by atoms with van der Waals surface area (Å²) in [5.74, 6) is -0.0213. The zero-order valence-corrected chi connectivity index (χ0v) is 16.8. The van der Waals surface area contributed by atoms with Crippen molar-refractivity contribution in [1.29, 1.82) is 0 Å². The number of carbonyl (C=O) groups excluding carboxylic acids is 2. The number of carbonyl (C=O) groups is 2. The van der Waals surface area contributed by atoms with Gasteiger partial charge >= 0.3 is 0 Å². The zero-order valence-electron chi connectivity index (χ0n) is 16.8. The first-order chi connectivity index (χ1) is 13.5. The predicted octanol–water partition coefficient (Wildman–Crippen LogP) is 1.38. The Bertz CT molecular complexity index is 683. The van der Waals surface area contributed by atoms with Gasteiger partial charge < -0.3 is 10.2 Å². The molecule has 0 radical (unpaired) electrons.